The quantitative estimate of drug-likeness (QED) is 0.0603. The van der Waals surface area contributed by atoms with Crippen molar-refractivity contribution in [2.75, 3.05) is 46.2 Å². The van der Waals surface area contributed by atoms with E-state index >= 15 is 0 Å². The predicted molar refractivity (Wildman–Crippen MR) is 233 cm³/mol. The van der Waals surface area contributed by atoms with Crippen molar-refractivity contribution in [1.29, 1.82) is 0 Å². The largest absolute Gasteiger partial charge is 0.481 e. The molecule has 1 aliphatic heterocycles. The molecule has 3 rings (SSSR count). The topological polar surface area (TPSA) is 161 Å². The first-order chi connectivity index (χ1) is 27.7. The average molecular weight is 856 g/mol. The van der Waals surface area contributed by atoms with Crippen molar-refractivity contribution in [2.45, 2.75) is 213 Å². The summed E-state index contributed by atoms with van der Waals surface area (Å²) in [5.74, 6) is 0.708. The lowest BCUT2D eigenvalue weighted by atomic mass is 9.74. The van der Waals surface area contributed by atoms with Gasteiger partial charge in [0.2, 0.25) is 0 Å². The van der Waals surface area contributed by atoms with Crippen LogP contribution in [0.4, 0.5) is 0 Å². The summed E-state index contributed by atoms with van der Waals surface area (Å²) in [7, 11) is 0. The lowest BCUT2D eigenvalue weighted by Gasteiger charge is -2.35. The van der Waals surface area contributed by atoms with E-state index in [0.29, 0.717) is 75.8 Å². The molecule has 2 bridgehead atoms. The lowest BCUT2D eigenvalue weighted by molar-refractivity contribution is -0.165. The highest BCUT2D eigenvalue weighted by atomic mass is 16.6. The summed E-state index contributed by atoms with van der Waals surface area (Å²) in [6, 6.07) is 0. The van der Waals surface area contributed by atoms with Crippen LogP contribution in [0.5, 0.6) is 0 Å². The van der Waals surface area contributed by atoms with Crippen LogP contribution in [0.3, 0.4) is 0 Å². The van der Waals surface area contributed by atoms with Crippen molar-refractivity contribution in [3.63, 3.8) is 0 Å². The number of hydrogen-bond acceptors (Lipinski definition) is 11. The lowest BCUT2D eigenvalue weighted by Crippen LogP contribution is -2.40. The number of carboxylic acid groups (broad SMARTS) is 2. The van der Waals surface area contributed by atoms with Crippen molar-refractivity contribution in [2.24, 2.45) is 28.8 Å². The Labute approximate surface area is 362 Å². The molecule has 60 heavy (non-hydrogen) atoms. The molecule has 2 N–H and O–H groups in total. The van der Waals surface area contributed by atoms with E-state index in [4.69, 9.17) is 48.2 Å². The first-order valence-electron chi connectivity index (χ1n) is 22.8. The van der Waals surface area contributed by atoms with Crippen LogP contribution in [-0.4, -0.2) is 120 Å². The van der Waals surface area contributed by atoms with Gasteiger partial charge in [0.05, 0.1) is 79.0 Å². The third kappa shape index (κ3) is 18.9. The second-order valence-corrected chi connectivity index (χ2v) is 21.3. The maximum absolute atomic E-state index is 11.1. The van der Waals surface area contributed by atoms with E-state index in [1.54, 1.807) is 0 Å². The highest BCUT2D eigenvalue weighted by Gasteiger charge is 2.58. The van der Waals surface area contributed by atoms with Gasteiger partial charge in [-0.1, -0.05) is 5.16 Å². The molecule has 0 radical (unpaired) electrons. The third-order valence-electron chi connectivity index (χ3n) is 12.8. The summed E-state index contributed by atoms with van der Waals surface area (Å²) in [5, 5.41) is 22.8. The van der Waals surface area contributed by atoms with E-state index in [-0.39, 0.29) is 49.5 Å². The molecule has 6 atom stereocenters. The summed E-state index contributed by atoms with van der Waals surface area (Å²) in [6.45, 7) is 29.4. The molecule has 0 aromatic carbocycles. The Balaban J connectivity index is 1.48. The fourth-order valence-corrected chi connectivity index (χ4v) is 8.98. The fourth-order valence-electron chi connectivity index (χ4n) is 8.98. The molecule has 13 heteroatoms. The zero-order valence-electron chi connectivity index (χ0n) is 39.8. The minimum Gasteiger partial charge on any atom is -0.481 e. The molecule has 2 fully saturated rings. The van der Waals surface area contributed by atoms with Gasteiger partial charge >= 0.3 is 11.9 Å². The molecule has 2 saturated carbocycles. The Bertz CT molecular complexity index is 1360. The number of hydrogen-bond donors (Lipinski definition) is 2. The first-order valence-corrected chi connectivity index (χ1v) is 22.8. The molecule has 13 nitrogen and oxygen atoms in total. The van der Waals surface area contributed by atoms with Crippen molar-refractivity contribution in [3.05, 3.63) is 0 Å². The number of carbonyl (C=O) groups is 2. The van der Waals surface area contributed by atoms with Crippen LogP contribution in [0.2, 0.25) is 0 Å². The first kappa shape index (κ1) is 52.5. The number of aliphatic carboxylic acids is 2. The molecule has 6 unspecified atom stereocenters. The van der Waals surface area contributed by atoms with Crippen LogP contribution in [0, 0.1) is 23.7 Å². The maximum atomic E-state index is 11.1. The number of rotatable bonds is 33. The molecule has 1 heterocycles. The second-order valence-electron chi connectivity index (χ2n) is 21.3. The van der Waals surface area contributed by atoms with E-state index in [1.807, 2.05) is 41.5 Å². The monoisotopic (exact) mass is 856 g/mol. The van der Waals surface area contributed by atoms with Crippen molar-refractivity contribution in [3.8, 4) is 0 Å². The third-order valence-corrected chi connectivity index (χ3v) is 12.8. The van der Waals surface area contributed by atoms with Crippen molar-refractivity contribution < 1.29 is 57.8 Å². The molecular formula is C47H85NO12. The molecule has 350 valence electrons. The van der Waals surface area contributed by atoms with Gasteiger partial charge < -0.3 is 48.2 Å². The van der Waals surface area contributed by atoms with Crippen LogP contribution in [0.25, 0.3) is 0 Å². The van der Waals surface area contributed by atoms with Gasteiger partial charge in [-0.25, -0.2) is 0 Å². The number of fused-ring (bicyclic) bond motifs is 5. The smallest absolute Gasteiger partial charge is 0.303 e. The fraction of sp³-hybridized carbons (Fsp3) is 0.936. The van der Waals surface area contributed by atoms with Crippen molar-refractivity contribution >= 4 is 17.7 Å². The summed E-state index contributed by atoms with van der Waals surface area (Å²) in [5.41, 5.74) is -1.41. The summed E-state index contributed by atoms with van der Waals surface area (Å²) < 4.78 is 43.6. The summed E-state index contributed by atoms with van der Waals surface area (Å²) in [4.78, 5) is 28.3. The van der Waals surface area contributed by atoms with Gasteiger partial charge in [-0.3, -0.25) is 9.59 Å². The van der Waals surface area contributed by atoms with Crippen LogP contribution in [0.15, 0.2) is 5.16 Å². The van der Waals surface area contributed by atoms with E-state index in [0.717, 1.165) is 25.9 Å². The zero-order valence-corrected chi connectivity index (χ0v) is 39.8. The summed E-state index contributed by atoms with van der Waals surface area (Å²) in [6.07, 6.45) is 8.56. The van der Waals surface area contributed by atoms with Crippen molar-refractivity contribution in [1.82, 2.24) is 0 Å². The molecule has 0 aromatic heterocycles. The molecule has 0 spiro atoms. The molecule has 3 aliphatic rings. The Kier molecular flexibility index (Phi) is 19.8. The van der Waals surface area contributed by atoms with E-state index in [9.17, 15) is 9.59 Å². The number of oxime groups is 1. The predicted octanol–water partition coefficient (Wildman–Crippen LogP) is 9.26. The van der Waals surface area contributed by atoms with E-state index in [2.05, 4.69) is 53.6 Å². The SMILES string of the molecule is CCOC(C)(C)CCC1CC2CC1C1ON=C(CCC(C)(C)OCCC(C)(C)OC(COCCOC(C)(C)CCC(=O)O)COC(C)(C)CCOC(C)(C)CCC(=O)O)C21. The highest BCUT2D eigenvalue weighted by molar-refractivity contribution is 5.88. The van der Waals surface area contributed by atoms with Crippen LogP contribution < -0.4 is 0 Å². The Morgan fingerprint density at radius 3 is 1.77 bits per heavy atom. The van der Waals surface area contributed by atoms with Gasteiger partial charge in [0.1, 0.15) is 12.2 Å². The van der Waals surface area contributed by atoms with Gasteiger partial charge in [-0.2, -0.15) is 0 Å². The maximum Gasteiger partial charge on any atom is 0.303 e. The second kappa shape index (κ2) is 22.7. The molecule has 0 saturated heterocycles. The minimum absolute atomic E-state index is 0.0410. The standard InChI is InChI=1S/C47H85NO12/c1-14-54-42(2,3)19-15-33-29-34-30-36(33)41-40(34)37(48-60-41)16-20-43(4,5)56-26-24-47(12,13)59-35(31-53-27-28-57-45(8,9)22-18-39(51)52)32-58-46(10,11)23-25-55-44(6,7)21-17-38(49)50/h33-36,40-41H,14-32H2,1-13H3,(H,49,50)(H,51,52). The summed E-state index contributed by atoms with van der Waals surface area (Å²) >= 11 is 0. The van der Waals surface area contributed by atoms with E-state index < -0.39 is 34.3 Å². The van der Waals surface area contributed by atoms with Crippen LogP contribution >= 0.6 is 0 Å². The molecular weight excluding hydrogens is 771 g/mol. The van der Waals surface area contributed by atoms with Gasteiger partial charge in [0.25, 0.3) is 0 Å². The number of nitrogens with zero attached hydrogens (tertiary/aromatic N) is 1. The average Bonchev–Trinajstić information content (AvgIpc) is 3.83. The van der Waals surface area contributed by atoms with Gasteiger partial charge in [-0.05, 0) is 166 Å². The van der Waals surface area contributed by atoms with E-state index in [1.165, 1.54) is 25.0 Å². The Morgan fingerprint density at radius 1 is 0.650 bits per heavy atom. The zero-order chi connectivity index (χ0) is 45.0. The van der Waals surface area contributed by atoms with Gasteiger partial charge in [0.15, 0.2) is 0 Å². The highest BCUT2D eigenvalue weighted by Crippen LogP contribution is 2.57. The molecule has 0 amide bonds. The molecule has 0 aromatic rings. The van der Waals surface area contributed by atoms with Gasteiger partial charge in [-0.15, -0.1) is 0 Å². The number of ether oxygens (including phenoxy) is 7. The normalized spacial score (nSPS) is 22.8. The minimum atomic E-state index is -0.846. The number of carboxylic acids is 2. The Morgan fingerprint density at radius 2 is 1.18 bits per heavy atom. The molecule has 2 aliphatic carbocycles. The van der Waals surface area contributed by atoms with Crippen LogP contribution in [-0.2, 0) is 47.6 Å². The van der Waals surface area contributed by atoms with Gasteiger partial charge in [0, 0.05) is 31.3 Å². The Hall–Kier alpha value is -1.87. The van der Waals surface area contributed by atoms with Crippen LogP contribution in [0.1, 0.15) is 167 Å².